The predicted molar refractivity (Wildman–Crippen MR) is 55.1 cm³/mol. The molecule has 4 unspecified atom stereocenters. The maximum Gasteiger partial charge on any atom is 0.129 e. The first-order valence-electron chi connectivity index (χ1n) is 5.20. The van der Waals surface area contributed by atoms with Gasteiger partial charge in [-0.1, -0.05) is 6.92 Å². The van der Waals surface area contributed by atoms with Gasteiger partial charge in [0, 0.05) is 13.0 Å². The number of likely N-dealkylation sites (N-methyl/N-ethyl adjacent to an activating group) is 1. The lowest BCUT2D eigenvalue weighted by Crippen LogP contribution is -2.55. The van der Waals surface area contributed by atoms with E-state index in [1.807, 2.05) is 20.2 Å². The largest absolute Gasteiger partial charge is 0.381 e. The molecule has 4 atom stereocenters. The van der Waals surface area contributed by atoms with Gasteiger partial charge in [0.2, 0.25) is 0 Å². The Kier molecular flexibility index (Phi) is 2.21. The second-order valence-electron chi connectivity index (χ2n) is 4.57. The fourth-order valence-corrected chi connectivity index (χ4v) is 3.19. The van der Waals surface area contributed by atoms with Gasteiger partial charge in [-0.2, -0.15) is 0 Å². The number of nitrogens with zero attached hydrogens (tertiary/aromatic N) is 1. The first-order chi connectivity index (χ1) is 6.56. The molecule has 0 spiro atoms. The van der Waals surface area contributed by atoms with Crippen molar-refractivity contribution in [3.05, 3.63) is 11.6 Å². The summed E-state index contributed by atoms with van der Waals surface area (Å²) in [6, 6.07) is 0.187. The van der Waals surface area contributed by atoms with Crippen molar-refractivity contribution in [1.82, 2.24) is 4.90 Å². The van der Waals surface area contributed by atoms with E-state index in [9.17, 15) is 5.11 Å². The Morgan fingerprint density at radius 1 is 1.57 bits per heavy atom. The Bertz CT molecular complexity index is 274. The van der Waals surface area contributed by atoms with E-state index in [0.29, 0.717) is 5.92 Å². The van der Waals surface area contributed by atoms with Gasteiger partial charge < -0.3 is 14.7 Å². The smallest absolute Gasteiger partial charge is 0.129 e. The summed E-state index contributed by atoms with van der Waals surface area (Å²) in [5.74, 6) is 0.458. The lowest BCUT2D eigenvalue weighted by Gasteiger charge is -2.39. The summed E-state index contributed by atoms with van der Waals surface area (Å²) in [7, 11) is 5.72. The van der Waals surface area contributed by atoms with Crippen molar-refractivity contribution in [2.45, 2.75) is 31.1 Å². The van der Waals surface area contributed by atoms with Crippen molar-refractivity contribution in [2.75, 3.05) is 21.2 Å². The average molecular weight is 197 g/mol. The van der Waals surface area contributed by atoms with Gasteiger partial charge in [0.05, 0.1) is 6.04 Å². The molecular weight excluding hydrogens is 178 g/mol. The van der Waals surface area contributed by atoms with Crippen LogP contribution < -0.4 is 0 Å². The molecule has 1 saturated carbocycles. The van der Waals surface area contributed by atoms with E-state index < -0.39 is 5.60 Å². The molecular formula is C11H19NO2. The number of aliphatic hydroxyl groups is 1. The van der Waals surface area contributed by atoms with Crippen LogP contribution in [-0.4, -0.2) is 49.0 Å². The van der Waals surface area contributed by atoms with Crippen LogP contribution in [0.15, 0.2) is 11.6 Å². The molecule has 3 heteroatoms. The molecule has 2 bridgehead atoms. The van der Waals surface area contributed by atoms with Gasteiger partial charge in [0.25, 0.3) is 0 Å². The van der Waals surface area contributed by atoms with Gasteiger partial charge in [-0.25, -0.2) is 0 Å². The van der Waals surface area contributed by atoms with Crippen molar-refractivity contribution in [1.29, 1.82) is 0 Å². The van der Waals surface area contributed by atoms with Gasteiger partial charge in [0.1, 0.15) is 11.7 Å². The third-order valence-electron chi connectivity index (χ3n) is 3.64. The van der Waals surface area contributed by atoms with E-state index in [-0.39, 0.29) is 12.1 Å². The van der Waals surface area contributed by atoms with Crippen LogP contribution in [0.5, 0.6) is 0 Å². The molecule has 0 amide bonds. The molecule has 14 heavy (non-hydrogen) atoms. The molecule has 0 aromatic heterocycles. The summed E-state index contributed by atoms with van der Waals surface area (Å²) < 4.78 is 5.34. The zero-order valence-electron chi connectivity index (χ0n) is 9.32. The molecule has 3 nitrogen and oxygen atoms in total. The molecule has 0 aromatic carbocycles. The van der Waals surface area contributed by atoms with Crippen molar-refractivity contribution >= 4 is 0 Å². The number of hydrogen-bond donors (Lipinski definition) is 1. The van der Waals surface area contributed by atoms with Crippen LogP contribution in [-0.2, 0) is 4.74 Å². The number of rotatable bonds is 3. The van der Waals surface area contributed by atoms with E-state index in [0.717, 1.165) is 6.42 Å². The van der Waals surface area contributed by atoms with Crippen molar-refractivity contribution in [2.24, 2.45) is 5.92 Å². The molecule has 0 aromatic rings. The van der Waals surface area contributed by atoms with Crippen molar-refractivity contribution < 1.29 is 9.84 Å². The molecule has 3 aliphatic rings. The molecule has 0 aliphatic heterocycles. The summed E-state index contributed by atoms with van der Waals surface area (Å²) in [6.45, 7) is 2.17. The topological polar surface area (TPSA) is 32.7 Å². The van der Waals surface area contributed by atoms with Gasteiger partial charge in [-0.15, -0.1) is 0 Å². The molecule has 0 radical (unpaired) electrons. The highest BCUT2D eigenvalue weighted by Crippen LogP contribution is 2.53. The highest BCUT2D eigenvalue weighted by Gasteiger charge is 2.63. The Labute approximate surface area is 85.4 Å². The highest BCUT2D eigenvalue weighted by atomic mass is 16.5. The average Bonchev–Trinajstić information content (AvgIpc) is 2.51. The van der Waals surface area contributed by atoms with Crippen LogP contribution in [0.2, 0.25) is 0 Å². The molecule has 3 rings (SSSR count). The monoisotopic (exact) mass is 197 g/mol. The van der Waals surface area contributed by atoms with Crippen LogP contribution >= 0.6 is 0 Å². The molecule has 1 N–H and O–H groups in total. The van der Waals surface area contributed by atoms with Crippen LogP contribution in [0.25, 0.3) is 0 Å². The molecule has 3 aliphatic carbocycles. The molecule has 0 saturated heterocycles. The SMILES string of the molecule is CCC1C2=CC(O)(C2OC)C1N(C)C. The minimum atomic E-state index is -0.742. The minimum Gasteiger partial charge on any atom is -0.381 e. The lowest BCUT2D eigenvalue weighted by molar-refractivity contribution is -0.0770. The first-order valence-corrected chi connectivity index (χ1v) is 5.20. The summed E-state index contributed by atoms with van der Waals surface area (Å²) in [5, 5.41) is 10.4. The van der Waals surface area contributed by atoms with Gasteiger partial charge in [-0.3, -0.25) is 0 Å². The summed E-state index contributed by atoms with van der Waals surface area (Å²) in [4.78, 5) is 2.11. The van der Waals surface area contributed by atoms with Crippen molar-refractivity contribution in [3.8, 4) is 0 Å². The third kappa shape index (κ3) is 0.977. The Balaban J connectivity index is 2.29. The quantitative estimate of drug-likeness (QED) is 0.674. The Morgan fingerprint density at radius 2 is 2.21 bits per heavy atom. The Morgan fingerprint density at radius 3 is 2.57 bits per heavy atom. The maximum atomic E-state index is 10.4. The van der Waals surface area contributed by atoms with Crippen LogP contribution in [0.4, 0.5) is 0 Å². The molecule has 0 heterocycles. The standard InChI is InChI=1S/C11H19NO2/c1-5-7-8-6-11(13,10(8)14-4)9(7)12(2)3/h6-7,9-10,13H,5H2,1-4H3. The fourth-order valence-electron chi connectivity index (χ4n) is 3.19. The summed E-state index contributed by atoms with van der Waals surface area (Å²) in [6.07, 6.45) is 2.98. The normalized spacial score (nSPS) is 45.3. The zero-order chi connectivity index (χ0) is 10.5. The van der Waals surface area contributed by atoms with Gasteiger partial charge >= 0.3 is 0 Å². The summed E-state index contributed by atoms with van der Waals surface area (Å²) >= 11 is 0. The lowest BCUT2D eigenvalue weighted by atomic mass is 9.85. The second-order valence-corrected chi connectivity index (χ2v) is 4.57. The minimum absolute atomic E-state index is 0.0696. The predicted octanol–water partition coefficient (Wildman–Crippen LogP) is 0.642. The highest BCUT2D eigenvalue weighted by molar-refractivity contribution is 5.46. The number of ether oxygens (including phenoxy) is 1. The van der Waals surface area contributed by atoms with E-state index >= 15 is 0 Å². The zero-order valence-corrected chi connectivity index (χ0v) is 9.32. The third-order valence-corrected chi connectivity index (χ3v) is 3.64. The second kappa shape index (κ2) is 3.05. The van der Waals surface area contributed by atoms with E-state index in [4.69, 9.17) is 4.74 Å². The van der Waals surface area contributed by atoms with Crippen LogP contribution in [0.1, 0.15) is 13.3 Å². The Hall–Kier alpha value is -0.380. The van der Waals surface area contributed by atoms with E-state index in [2.05, 4.69) is 11.8 Å². The summed E-state index contributed by atoms with van der Waals surface area (Å²) in [5.41, 5.74) is 0.546. The van der Waals surface area contributed by atoms with E-state index in [1.165, 1.54) is 5.57 Å². The van der Waals surface area contributed by atoms with Gasteiger partial charge in [0.15, 0.2) is 0 Å². The molecule has 1 fully saturated rings. The first kappa shape index (κ1) is 10.1. The van der Waals surface area contributed by atoms with Gasteiger partial charge in [-0.05, 0) is 32.2 Å². The molecule has 80 valence electrons. The number of fused-ring (bicyclic) bond motifs is 1. The number of hydrogen-bond acceptors (Lipinski definition) is 3. The maximum absolute atomic E-state index is 10.4. The van der Waals surface area contributed by atoms with E-state index in [1.54, 1.807) is 7.11 Å². The van der Waals surface area contributed by atoms with Crippen LogP contribution in [0.3, 0.4) is 0 Å². The van der Waals surface area contributed by atoms with Crippen molar-refractivity contribution in [3.63, 3.8) is 0 Å². The number of methoxy groups -OCH3 is 1. The van der Waals surface area contributed by atoms with Crippen LogP contribution in [0, 0.1) is 5.92 Å². The fraction of sp³-hybridized carbons (Fsp3) is 0.818.